The van der Waals surface area contributed by atoms with Crippen molar-refractivity contribution in [3.05, 3.63) is 107 Å². The van der Waals surface area contributed by atoms with E-state index in [1.165, 1.54) is 11.1 Å². The van der Waals surface area contributed by atoms with E-state index in [-0.39, 0.29) is 5.92 Å². The second-order valence-electron chi connectivity index (χ2n) is 9.25. The van der Waals surface area contributed by atoms with Crippen LogP contribution in [0.4, 0.5) is 5.69 Å². The van der Waals surface area contributed by atoms with E-state index >= 15 is 0 Å². The summed E-state index contributed by atoms with van der Waals surface area (Å²) in [6.45, 7) is 13.0. The van der Waals surface area contributed by atoms with Gasteiger partial charge in [-0.1, -0.05) is 62.9 Å². The Balaban J connectivity index is 1.59. The first-order valence-corrected chi connectivity index (χ1v) is 12.3. The average molecular weight is 482 g/mol. The van der Waals surface area contributed by atoms with Crippen LogP contribution >= 0.6 is 0 Å². The first-order chi connectivity index (χ1) is 17.4. The molecule has 0 aliphatic rings. The molecule has 3 rings (SSSR count). The summed E-state index contributed by atoms with van der Waals surface area (Å²) < 4.78 is 12.0. The predicted octanol–water partition coefficient (Wildman–Crippen LogP) is 7.57. The maximum Gasteiger partial charge on any atom is 0.123 e. The first kappa shape index (κ1) is 26.7. The fourth-order valence-electron chi connectivity index (χ4n) is 3.87. The Bertz CT molecular complexity index is 1270. The van der Waals surface area contributed by atoms with Crippen LogP contribution in [0.3, 0.4) is 0 Å². The van der Waals surface area contributed by atoms with Crippen LogP contribution in [0, 0.1) is 19.8 Å². The van der Waals surface area contributed by atoms with Crippen molar-refractivity contribution in [3.8, 4) is 11.5 Å². The number of nitrogens with zero attached hydrogens (tertiary/aromatic N) is 1. The standard InChI is InChI=1S/C32H35NO3/c1-23(2)27(20-34)16-17-31-25(4)11-8-12-28(31)22-36-30-14-9-13-29(18-30)35-21-24(3)19-33-32-15-7-6-10-26(32)5/h6-15,18-19,23H,3,16-17,21-22H2,1-2,4-5H3. The van der Waals surface area contributed by atoms with Crippen molar-refractivity contribution in [1.82, 2.24) is 0 Å². The van der Waals surface area contributed by atoms with Crippen LogP contribution in [0.5, 0.6) is 11.5 Å². The molecule has 3 aromatic rings. The third kappa shape index (κ3) is 7.83. The molecule has 0 bridgehead atoms. The highest BCUT2D eigenvalue weighted by Crippen LogP contribution is 2.24. The van der Waals surface area contributed by atoms with Gasteiger partial charge in [-0.2, -0.15) is 0 Å². The summed E-state index contributed by atoms with van der Waals surface area (Å²) in [4.78, 5) is 15.8. The molecule has 0 aromatic heterocycles. The van der Waals surface area contributed by atoms with Crippen LogP contribution < -0.4 is 9.47 Å². The fourth-order valence-corrected chi connectivity index (χ4v) is 3.87. The Morgan fingerprint density at radius 2 is 1.67 bits per heavy atom. The van der Waals surface area contributed by atoms with Crippen LogP contribution in [0.1, 0.15) is 42.5 Å². The predicted molar refractivity (Wildman–Crippen MR) is 148 cm³/mol. The topological polar surface area (TPSA) is 47.9 Å². The molecule has 0 saturated carbocycles. The van der Waals surface area contributed by atoms with Gasteiger partial charge in [0.1, 0.15) is 30.7 Å². The van der Waals surface area contributed by atoms with Gasteiger partial charge in [-0.3, -0.25) is 4.99 Å². The van der Waals surface area contributed by atoms with Crippen molar-refractivity contribution in [2.75, 3.05) is 6.61 Å². The summed E-state index contributed by atoms with van der Waals surface area (Å²) in [5.41, 5.74) is 7.18. The van der Waals surface area contributed by atoms with E-state index in [9.17, 15) is 4.79 Å². The molecule has 0 spiro atoms. The molecule has 0 saturated heterocycles. The molecule has 0 unspecified atom stereocenters. The minimum absolute atomic E-state index is 0.207. The molecule has 0 fully saturated rings. The second-order valence-corrected chi connectivity index (χ2v) is 9.25. The third-order valence-corrected chi connectivity index (χ3v) is 6.11. The third-order valence-electron chi connectivity index (χ3n) is 6.11. The Labute approximate surface area is 215 Å². The van der Waals surface area contributed by atoms with E-state index in [1.54, 1.807) is 6.21 Å². The van der Waals surface area contributed by atoms with Gasteiger partial charge in [0, 0.05) is 23.4 Å². The van der Waals surface area contributed by atoms with E-state index in [1.807, 2.05) is 75.4 Å². The van der Waals surface area contributed by atoms with Crippen LogP contribution in [0.25, 0.3) is 0 Å². The summed E-state index contributed by atoms with van der Waals surface area (Å²) in [7, 11) is 0. The number of allylic oxidation sites excluding steroid dienone is 1. The van der Waals surface area contributed by atoms with Gasteiger partial charge >= 0.3 is 0 Å². The van der Waals surface area contributed by atoms with Crippen molar-refractivity contribution < 1.29 is 14.3 Å². The Morgan fingerprint density at radius 3 is 2.39 bits per heavy atom. The Morgan fingerprint density at radius 1 is 0.972 bits per heavy atom. The summed E-state index contributed by atoms with van der Waals surface area (Å²) in [6, 6.07) is 21.8. The van der Waals surface area contributed by atoms with E-state index in [0.717, 1.165) is 40.1 Å². The number of hydrogen-bond acceptors (Lipinski definition) is 4. The lowest BCUT2D eigenvalue weighted by molar-refractivity contribution is 0.300. The van der Waals surface area contributed by atoms with Gasteiger partial charge in [0.25, 0.3) is 0 Å². The number of para-hydroxylation sites is 1. The van der Waals surface area contributed by atoms with Gasteiger partial charge in [-0.15, -0.1) is 0 Å². The lowest BCUT2D eigenvalue weighted by Gasteiger charge is -2.15. The summed E-state index contributed by atoms with van der Waals surface area (Å²) in [6.07, 6.45) is 3.25. The highest BCUT2D eigenvalue weighted by atomic mass is 16.5. The minimum Gasteiger partial charge on any atom is -0.489 e. The van der Waals surface area contributed by atoms with Gasteiger partial charge in [0.15, 0.2) is 0 Å². The van der Waals surface area contributed by atoms with Gasteiger partial charge in [0.05, 0.1) is 5.69 Å². The SMILES string of the molecule is C=C(C=Nc1ccccc1C)COc1cccc(OCc2cccc(C)c2CCC(=C=O)C(C)C)c1. The van der Waals surface area contributed by atoms with Gasteiger partial charge in [0.2, 0.25) is 0 Å². The van der Waals surface area contributed by atoms with Crippen LogP contribution in [-0.4, -0.2) is 18.8 Å². The van der Waals surface area contributed by atoms with E-state index in [2.05, 4.69) is 36.6 Å². The molecule has 0 aliphatic carbocycles. The highest BCUT2D eigenvalue weighted by Gasteiger charge is 2.11. The van der Waals surface area contributed by atoms with E-state index in [4.69, 9.17) is 9.47 Å². The average Bonchev–Trinajstić information content (AvgIpc) is 2.87. The lowest BCUT2D eigenvalue weighted by atomic mass is 9.93. The smallest absolute Gasteiger partial charge is 0.123 e. The van der Waals surface area contributed by atoms with Crippen LogP contribution in [0.2, 0.25) is 0 Å². The van der Waals surface area contributed by atoms with E-state index < -0.39 is 0 Å². The molecular weight excluding hydrogens is 446 g/mol. The van der Waals surface area contributed by atoms with Crippen molar-refractivity contribution in [2.45, 2.75) is 47.1 Å². The number of ether oxygens (including phenoxy) is 2. The zero-order valence-electron chi connectivity index (χ0n) is 21.7. The molecule has 36 heavy (non-hydrogen) atoms. The molecule has 186 valence electrons. The molecule has 0 atom stereocenters. The molecule has 4 nitrogen and oxygen atoms in total. The number of hydrogen-bond donors (Lipinski definition) is 0. The van der Waals surface area contributed by atoms with Gasteiger partial charge in [-0.25, -0.2) is 4.79 Å². The van der Waals surface area contributed by atoms with E-state index in [0.29, 0.717) is 25.4 Å². The lowest BCUT2D eigenvalue weighted by Crippen LogP contribution is -2.05. The largest absolute Gasteiger partial charge is 0.489 e. The maximum absolute atomic E-state index is 11.3. The van der Waals surface area contributed by atoms with Crippen molar-refractivity contribution in [1.29, 1.82) is 0 Å². The first-order valence-electron chi connectivity index (χ1n) is 12.3. The van der Waals surface area contributed by atoms with Gasteiger partial charge < -0.3 is 9.47 Å². The molecule has 0 N–H and O–H groups in total. The number of aryl methyl sites for hydroxylation is 2. The van der Waals surface area contributed by atoms with Crippen molar-refractivity contribution in [2.24, 2.45) is 10.9 Å². The summed E-state index contributed by atoms with van der Waals surface area (Å²) >= 11 is 0. The fraction of sp³-hybridized carbons (Fsp3) is 0.281. The monoisotopic (exact) mass is 481 g/mol. The van der Waals surface area contributed by atoms with Crippen LogP contribution in [-0.2, 0) is 17.8 Å². The zero-order chi connectivity index (χ0) is 25.9. The number of rotatable bonds is 12. The maximum atomic E-state index is 11.3. The highest BCUT2D eigenvalue weighted by molar-refractivity contribution is 5.81. The van der Waals surface area contributed by atoms with Crippen LogP contribution in [0.15, 0.2) is 89.4 Å². The quantitative estimate of drug-likeness (QED) is 0.198. The summed E-state index contributed by atoms with van der Waals surface area (Å²) in [5.74, 6) is 3.77. The number of carbonyl (C=O) groups excluding carboxylic acids is 1. The molecule has 0 heterocycles. The summed E-state index contributed by atoms with van der Waals surface area (Å²) in [5, 5.41) is 0. The van der Waals surface area contributed by atoms with Crippen molar-refractivity contribution >= 4 is 17.8 Å². The number of benzene rings is 3. The Kier molecular flexibility index (Phi) is 9.85. The minimum atomic E-state index is 0.207. The molecular formula is C32H35NO3. The van der Waals surface area contributed by atoms with Crippen molar-refractivity contribution in [3.63, 3.8) is 0 Å². The molecule has 4 heteroatoms. The zero-order valence-corrected chi connectivity index (χ0v) is 21.7. The molecule has 0 aliphatic heterocycles. The number of aliphatic imine (C=N–C) groups is 1. The van der Waals surface area contributed by atoms with Gasteiger partial charge in [-0.05, 0) is 73.1 Å². The molecule has 0 amide bonds. The normalized spacial score (nSPS) is 10.9. The second kappa shape index (κ2) is 13.3. The Hall–Kier alpha value is -3.88. The molecule has 0 radical (unpaired) electrons. The molecule has 3 aromatic carbocycles.